The number of carbonyl (C=O) groups is 1. The zero-order chi connectivity index (χ0) is 24.7. The Kier molecular flexibility index (Phi) is 6.00. The van der Waals surface area contributed by atoms with Crippen LogP contribution in [0, 0.1) is 6.92 Å². The maximum Gasteiger partial charge on any atom is 0.416 e. The normalized spacial score (nSPS) is 14.6. The minimum atomic E-state index is -4.99. The molecule has 0 radical (unpaired) electrons. The number of rotatable bonds is 3. The van der Waals surface area contributed by atoms with Crippen molar-refractivity contribution >= 4 is 6.09 Å². The van der Waals surface area contributed by atoms with E-state index in [1.807, 2.05) is 0 Å². The number of alkyl halides is 6. The van der Waals surface area contributed by atoms with Crippen LogP contribution in [0.1, 0.15) is 34.7 Å². The van der Waals surface area contributed by atoms with E-state index in [-0.39, 0.29) is 25.0 Å². The van der Waals surface area contributed by atoms with Gasteiger partial charge >= 0.3 is 18.4 Å². The summed E-state index contributed by atoms with van der Waals surface area (Å²) in [6.45, 7) is 1.67. The molecule has 14 heteroatoms. The predicted molar refractivity (Wildman–Crippen MR) is 102 cm³/mol. The fraction of sp³-hybridized carbons (Fsp3) is 0.400. The van der Waals surface area contributed by atoms with Crippen LogP contribution in [0.2, 0.25) is 0 Å². The van der Waals surface area contributed by atoms with Crippen LogP contribution in [-0.2, 0) is 36.8 Å². The first-order valence-corrected chi connectivity index (χ1v) is 9.97. The number of hydrogen-bond donors (Lipinski definition) is 0. The van der Waals surface area contributed by atoms with E-state index in [0.717, 1.165) is 0 Å². The standard InChI is InChI=1S/C20H17F6N5O3/c1-11-27-17(29-34-11)16-8-15-9-30(3-2-4-31(15)28-16)18(32)33-10-12-5-13(19(21,22)23)7-14(6-12)20(24,25)26/h5-8H,2-4,9-10H2,1H3. The average molecular weight is 489 g/mol. The van der Waals surface area contributed by atoms with Gasteiger partial charge in [0.25, 0.3) is 0 Å². The lowest BCUT2D eigenvalue weighted by molar-refractivity contribution is -0.143. The maximum absolute atomic E-state index is 13.0. The van der Waals surface area contributed by atoms with Crippen molar-refractivity contribution in [1.29, 1.82) is 0 Å². The quantitative estimate of drug-likeness (QED) is 0.491. The highest BCUT2D eigenvalue weighted by Crippen LogP contribution is 2.36. The lowest BCUT2D eigenvalue weighted by Gasteiger charge is -2.20. The largest absolute Gasteiger partial charge is 0.445 e. The minimum absolute atomic E-state index is 0.0179. The number of carbonyl (C=O) groups excluding carboxylic acids is 1. The van der Waals surface area contributed by atoms with Gasteiger partial charge in [-0.2, -0.15) is 36.4 Å². The Bertz CT molecular complexity index is 1170. The molecule has 0 fully saturated rings. The third-order valence-corrected chi connectivity index (χ3v) is 5.04. The maximum atomic E-state index is 13.0. The second-order valence-corrected chi connectivity index (χ2v) is 7.62. The van der Waals surface area contributed by atoms with Gasteiger partial charge in [-0.3, -0.25) is 4.68 Å². The summed E-state index contributed by atoms with van der Waals surface area (Å²) in [5, 5.41) is 8.18. The zero-order valence-electron chi connectivity index (χ0n) is 17.6. The summed E-state index contributed by atoms with van der Waals surface area (Å²) in [5.41, 5.74) is -2.31. The molecule has 0 N–H and O–H groups in total. The molecule has 2 aromatic heterocycles. The summed E-state index contributed by atoms with van der Waals surface area (Å²) in [5.74, 6) is 0.629. The third kappa shape index (κ3) is 5.15. The third-order valence-electron chi connectivity index (χ3n) is 5.04. The topological polar surface area (TPSA) is 86.3 Å². The van der Waals surface area contributed by atoms with E-state index >= 15 is 0 Å². The smallest absolute Gasteiger partial charge is 0.416 e. The monoisotopic (exact) mass is 489 g/mol. The van der Waals surface area contributed by atoms with Crippen molar-refractivity contribution in [3.63, 3.8) is 0 Å². The second-order valence-electron chi connectivity index (χ2n) is 7.62. The first-order chi connectivity index (χ1) is 15.9. The molecule has 4 rings (SSSR count). The van der Waals surface area contributed by atoms with Crippen molar-refractivity contribution in [2.45, 2.75) is 45.4 Å². The van der Waals surface area contributed by atoms with E-state index in [0.29, 0.717) is 42.4 Å². The van der Waals surface area contributed by atoms with Gasteiger partial charge in [0, 0.05) is 20.0 Å². The van der Waals surface area contributed by atoms with Crippen molar-refractivity contribution in [1.82, 2.24) is 24.8 Å². The van der Waals surface area contributed by atoms with Crippen LogP contribution in [0.4, 0.5) is 31.1 Å². The fourth-order valence-corrected chi connectivity index (χ4v) is 3.47. The first-order valence-electron chi connectivity index (χ1n) is 9.97. The van der Waals surface area contributed by atoms with E-state index in [4.69, 9.17) is 9.26 Å². The Balaban J connectivity index is 1.48. The Morgan fingerprint density at radius 3 is 2.32 bits per heavy atom. The molecule has 34 heavy (non-hydrogen) atoms. The van der Waals surface area contributed by atoms with Crippen LogP contribution in [0.3, 0.4) is 0 Å². The van der Waals surface area contributed by atoms with Gasteiger partial charge < -0.3 is 14.2 Å². The summed E-state index contributed by atoms with van der Waals surface area (Å²) < 4.78 is 89.8. The van der Waals surface area contributed by atoms with Crippen LogP contribution in [0.15, 0.2) is 28.8 Å². The Labute approximate surface area is 188 Å². The highest BCUT2D eigenvalue weighted by atomic mass is 19.4. The first kappa shape index (κ1) is 23.6. The number of ether oxygens (including phenoxy) is 1. The molecule has 3 heterocycles. The highest BCUT2D eigenvalue weighted by molar-refractivity contribution is 5.67. The van der Waals surface area contributed by atoms with Crippen molar-refractivity contribution < 1.29 is 40.4 Å². The molecule has 1 aromatic carbocycles. The summed E-state index contributed by atoms with van der Waals surface area (Å²) in [4.78, 5) is 18.0. The van der Waals surface area contributed by atoms with Crippen molar-refractivity contribution in [2.24, 2.45) is 0 Å². The van der Waals surface area contributed by atoms with Gasteiger partial charge in [-0.15, -0.1) is 0 Å². The van der Waals surface area contributed by atoms with Gasteiger partial charge in [0.15, 0.2) is 0 Å². The van der Waals surface area contributed by atoms with Gasteiger partial charge in [0.1, 0.15) is 12.3 Å². The van der Waals surface area contributed by atoms with Gasteiger partial charge in [-0.1, -0.05) is 5.16 Å². The number of halogens is 6. The molecule has 0 unspecified atom stereocenters. The van der Waals surface area contributed by atoms with Crippen LogP contribution in [0.25, 0.3) is 11.5 Å². The lowest BCUT2D eigenvalue weighted by Crippen LogP contribution is -2.31. The number of hydrogen-bond acceptors (Lipinski definition) is 6. The van der Waals surface area contributed by atoms with Crippen molar-refractivity contribution in [3.8, 4) is 11.5 Å². The molecule has 3 aromatic rings. The van der Waals surface area contributed by atoms with E-state index in [1.54, 1.807) is 17.7 Å². The van der Waals surface area contributed by atoms with Crippen LogP contribution >= 0.6 is 0 Å². The fourth-order valence-electron chi connectivity index (χ4n) is 3.47. The predicted octanol–water partition coefficient (Wildman–Crippen LogP) is 4.82. The molecule has 182 valence electrons. The Hall–Kier alpha value is -3.58. The van der Waals surface area contributed by atoms with E-state index in [2.05, 4.69) is 15.2 Å². The minimum Gasteiger partial charge on any atom is -0.445 e. The number of benzene rings is 1. The molecule has 0 spiro atoms. The second kappa shape index (κ2) is 8.65. The van der Waals surface area contributed by atoms with Crippen LogP contribution in [0.5, 0.6) is 0 Å². The number of aromatic nitrogens is 4. The number of amides is 1. The van der Waals surface area contributed by atoms with E-state index in [9.17, 15) is 31.1 Å². The lowest BCUT2D eigenvalue weighted by atomic mass is 10.1. The van der Waals surface area contributed by atoms with Crippen molar-refractivity contribution in [3.05, 3.63) is 52.5 Å². The SMILES string of the molecule is Cc1nc(-c2cc3n(n2)CCCN(C(=O)OCc2cc(C(F)(F)F)cc(C(F)(F)F)c2)C3)no1. The molecule has 0 aliphatic carbocycles. The Morgan fingerprint density at radius 1 is 1.06 bits per heavy atom. The molecular weight excluding hydrogens is 472 g/mol. The number of nitrogens with zero attached hydrogens (tertiary/aromatic N) is 5. The average Bonchev–Trinajstić information content (AvgIpc) is 3.31. The zero-order valence-corrected chi connectivity index (χ0v) is 17.6. The molecule has 1 aliphatic rings. The van der Waals surface area contributed by atoms with Crippen LogP contribution < -0.4 is 0 Å². The van der Waals surface area contributed by atoms with E-state index in [1.165, 1.54) is 4.90 Å². The molecule has 1 aliphatic heterocycles. The van der Waals surface area contributed by atoms with Gasteiger partial charge in [0.05, 0.1) is 23.4 Å². The molecule has 0 saturated carbocycles. The number of aryl methyl sites for hydroxylation is 2. The number of fused-ring (bicyclic) bond motifs is 1. The molecule has 8 nitrogen and oxygen atoms in total. The summed E-state index contributed by atoms with van der Waals surface area (Å²) in [6.07, 6.45) is -10.4. The van der Waals surface area contributed by atoms with Gasteiger partial charge in [0.2, 0.25) is 11.7 Å². The summed E-state index contributed by atoms with van der Waals surface area (Å²) >= 11 is 0. The molecule has 1 amide bonds. The van der Waals surface area contributed by atoms with Crippen molar-refractivity contribution in [2.75, 3.05) is 6.54 Å². The molecule has 0 atom stereocenters. The molecule has 0 bridgehead atoms. The van der Waals surface area contributed by atoms with Gasteiger partial charge in [-0.05, 0) is 36.2 Å². The van der Waals surface area contributed by atoms with Gasteiger partial charge in [-0.25, -0.2) is 4.79 Å². The summed E-state index contributed by atoms with van der Waals surface area (Å²) in [7, 11) is 0. The molecule has 0 saturated heterocycles. The van der Waals surface area contributed by atoms with Crippen LogP contribution in [-0.4, -0.2) is 37.5 Å². The molecular formula is C20H17F6N5O3. The van der Waals surface area contributed by atoms with E-state index < -0.39 is 41.7 Å². The Morgan fingerprint density at radius 2 is 1.74 bits per heavy atom. The highest BCUT2D eigenvalue weighted by Gasteiger charge is 2.37. The summed E-state index contributed by atoms with van der Waals surface area (Å²) in [6, 6.07) is 2.74.